The molecule has 1 saturated heterocycles. The third-order valence-corrected chi connectivity index (χ3v) is 4.60. The van der Waals surface area contributed by atoms with E-state index in [2.05, 4.69) is 11.2 Å². The van der Waals surface area contributed by atoms with E-state index in [9.17, 15) is 4.79 Å². The van der Waals surface area contributed by atoms with E-state index in [0.29, 0.717) is 13.1 Å². The van der Waals surface area contributed by atoms with E-state index in [0.717, 1.165) is 48.3 Å². The van der Waals surface area contributed by atoms with E-state index in [1.807, 2.05) is 47.7 Å². The van der Waals surface area contributed by atoms with Crippen LogP contribution in [0.4, 0.5) is 0 Å². The van der Waals surface area contributed by atoms with Crippen molar-refractivity contribution in [2.75, 3.05) is 13.1 Å². The predicted octanol–water partition coefficient (Wildman–Crippen LogP) is 2.50. The van der Waals surface area contributed by atoms with Crippen LogP contribution in [0.5, 0.6) is 0 Å². The van der Waals surface area contributed by atoms with Gasteiger partial charge in [0, 0.05) is 30.4 Å². The largest absolute Gasteiger partial charge is 0.337 e. The van der Waals surface area contributed by atoms with Crippen molar-refractivity contribution in [3.63, 3.8) is 0 Å². The van der Waals surface area contributed by atoms with Crippen LogP contribution in [0.1, 0.15) is 46.6 Å². The highest BCUT2D eigenvalue weighted by molar-refractivity contribution is 5.94. The molecule has 1 unspecified atom stereocenters. The second-order valence-electron chi connectivity index (χ2n) is 6.79. The number of hydrogen-bond donors (Lipinski definition) is 1. The summed E-state index contributed by atoms with van der Waals surface area (Å²) in [5.41, 5.74) is 10.1. The molecule has 0 saturated carbocycles. The topological polar surface area (TPSA) is 64.2 Å². The Hall–Kier alpha value is -2.14. The number of aromatic nitrogens is 2. The molecule has 1 atom stereocenters. The van der Waals surface area contributed by atoms with Crippen molar-refractivity contribution in [3.8, 4) is 0 Å². The smallest absolute Gasteiger partial charge is 0.253 e. The normalized spacial score (nSPS) is 18.5. The van der Waals surface area contributed by atoms with Crippen molar-refractivity contribution in [3.05, 3.63) is 52.8 Å². The van der Waals surface area contributed by atoms with E-state index in [-0.39, 0.29) is 11.9 Å². The van der Waals surface area contributed by atoms with Crippen LogP contribution >= 0.6 is 0 Å². The number of rotatable bonds is 3. The first-order valence-corrected chi connectivity index (χ1v) is 8.68. The average molecular weight is 326 g/mol. The maximum Gasteiger partial charge on any atom is 0.253 e. The van der Waals surface area contributed by atoms with E-state index < -0.39 is 0 Å². The quantitative estimate of drug-likeness (QED) is 0.942. The van der Waals surface area contributed by atoms with Crippen molar-refractivity contribution in [2.24, 2.45) is 5.73 Å². The summed E-state index contributed by atoms with van der Waals surface area (Å²) in [6.07, 6.45) is 3.13. The second-order valence-corrected chi connectivity index (χ2v) is 6.79. The highest BCUT2D eigenvalue weighted by Gasteiger charge is 2.21. The molecule has 1 amide bonds. The maximum absolute atomic E-state index is 12.8. The van der Waals surface area contributed by atoms with Gasteiger partial charge in [-0.2, -0.15) is 5.10 Å². The SMILES string of the molecule is Cc1cc(C)n(Cc2cccc(C(=O)N3CCCCC(N)C3)c2)n1. The Morgan fingerprint density at radius 1 is 1.29 bits per heavy atom. The average Bonchev–Trinajstić information content (AvgIpc) is 2.74. The van der Waals surface area contributed by atoms with Crippen LogP contribution in [0.3, 0.4) is 0 Å². The first kappa shape index (κ1) is 16.7. The van der Waals surface area contributed by atoms with Gasteiger partial charge in [0.1, 0.15) is 0 Å². The van der Waals surface area contributed by atoms with Gasteiger partial charge in [-0.15, -0.1) is 0 Å². The summed E-state index contributed by atoms with van der Waals surface area (Å²) >= 11 is 0. The molecule has 2 heterocycles. The molecule has 0 spiro atoms. The van der Waals surface area contributed by atoms with Crippen LogP contribution in [0.25, 0.3) is 0 Å². The molecule has 2 aromatic rings. The number of carbonyl (C=O) groups is 1. The van der Waals surface area contributed by atoms with Gasteiger partial charge in [-0.05, 0) is 50.5 Å². The fourth-order valence-corrected chi connectivity index (χ4v) is 3.35. The number of benzene rings is 1. The van der Waals surface area contributed by atoms with Crippen molar-refractivity contribution in [1.82, 2.24) is 14.7 Å². The number of nitrogens with two attached hydrogens (primary N) is 1. The summed E-state index contributed by atoms with van der Waals surface area (Å²) in [6, 6.07) is 10.0. The van der Waals surface area contributed by atoms with Crippen LogP contribution < -0.4 is 5.73 Å². The van der Waals surface area contributed by atoms with Gasteiger partial charge in [0.15, 0.2) is 0 Å². The number of amides is 1. The fourth-order valence-electron chi connectivity index (χ4n) is 3.35. The van der Waals surface area contributed by atoms with E-state index in [1.54, 1.807) is 0 Å². The lowest BCUT2D eigenvalue weighted by atomic mass is 10.1. The third kappa shape index (κ3) is 3.85. The molecule has 1 fully saturated rings. The van der Waals surface area contributed by atoms with Crippen LogP contribution in [-0.4, -0.2) is 39.7 Å². The van der Waals surface area contributed by atoms with Gasteiger partial charge in [-0.1, -0.05) is 18.6 Å². The van der Waals surface area contributed by atoms with Gasteiger partial charge in [0.05, 0.1) is 12.2 Å². The van der Waals surface area contributed by atoms with E-state index in [1.165, 1.54) is 0 Å². The molecule has 5 nitrogen and oxygen atoms in total. The third-order valence-electron chi connectivity index (χ3n) is 4.60. The van der Waals surface area contributed by atoms with Crippen molar-refractivity contribution in [1.29, 1.82) is 0 Å². The molecular formula is C19H26N4O. The summed E-state index contributed by atoms with van der Waals surface area (Å²) in [5, 5.41) is 4.50. The second kappa shape index (κ2) is 7.18. The van der Waals surface area contributed by atoms with Gasteiger partial charge >= 0.3 is 0 Å². The number of nitrogens with zero attached hydrogens (tertiary/aromatic N) is 3. The fraction of sp³-hybridized carbons (Fsp3) is 0.474. The standard InChI is InChI=1S/C19H26N4O/c1-14-10-15(2)23(21-14)12-16-6-5-7-17(11-16)19(24)22-9-4-3-8-18(20)13-22/h5-7,10-11,18H,3-4,8-9,12-13,20H2,1-2H3. The van der Waals surface area contributed by atoms with Crippen LogP contribution in [0.2, 0.25) is 0 Å². The van der Waals surface area contributed by atoms with E-state index >= 15 is 0 Å². The Labute approximate surface area is 143 Å². The molecule has 24 heavy (non-hydrogen) atoms. The zero-order chi connectivity index (χ0) is 17.1. The Kier molecular flexibility index (Phi) is 5.00. The zero-order valence-corrected chi connectivity index (χ0v) is 14.5. The molecule has 0 radical (unpaired) electrons. The van der Waals surface area contributed by atoms with Crippen molar-refractivity contribution >= 4 is 5.91 Å². The highest BCUT2D eigenvalue weighted by atomic mass is 16.2. The van der Waals surface area contributed by atoms with Gasteiger partial charge in [0.25, 0.3) is 5.91 Å². The first-order chi connectivity index (χ1) is 11.5. The Balaban J connectivity index is 1.77. The molecule has 1 aliphatic heterocycles. The lowest BCUT2D eigenvalue weighted by Gasteiger charge is -2.23. The van der Waals surface area contributed by atoms with E-state index in [4.69, 9.17) is 5.73 Å². The first-order valence-electron chi connectivity index (χ1n) is 8.68. The molecule has 0 bridgehead atoms. The minimum absolute atomic E-state index is 0.0857. The summed E-state index contributed by atoms with van der Waals surface area (Å²) < 4.78 is 1.97. The Bertz CT molecular complexity index is 722. The Morgan fingerprint density at radius 3 is 2.88 bits per heavy atom. The number of hydrogen-bond acceptors (Lipinski definition) is 3. The molecule has 3 rings (SSSR count). The molecular weight excluding hydrogens is 300 g/mol. The minimum Gasteiger partial charge on any atom is -0.337 e. The molecule has 1 aromatic carbocycles. The lowest BCUT2D eigenvalue weighted by molar-refractivity contribution is 0.0755. The summed E-state index contributed by atoms with van der Waals surface area (Å²) in [7, 11) is 0. The van der Waals surface area contributed by atoms with Gasteiger partial charge in [-0.3, -0.25) is 9.48 Å². The van der Waals surface area contributed by atoms with Crippen LogP contribution in [0.15, 0.2) is 30.3 Å². The molecule has 0 aliphatic carbocycles. The molecule has 1 aromatic heterocycles. The van der Waals surface area contributed by atoms with Crippen LogP contribution in [-0.2, 0) is 6.54 Å². The predicted molar refractivity (Wildman–Crippen MR) is 95.0 cm³/mol. The zero-order valence-electron chi connectivity index (χ0n) is 14.5. The molecule has 2 N–H and O–H groups in total. The summed E-state index contributed by atoms with van der Waals surface area (Å²) in [6.45, 7) is 6.18. The molecule has 128 valence electrons. The number of likely N-dealkylation sites (tertiary alicyclic amines) is 1. The Morgan fingerprint density at radius 2 is 2.12 bits per heavy atom. The monoisotopic (exact) mass is 326 g/mol. The van der Waals surface area contributed by atoms with Crippen molar-refractivity contribution < 1.29 is 4.79 Å². The molecule has 5 heteroatoms. The maximum atomic E-state index is 12.8. The minimum atomic E-state index is 0.0857. The van der Waals surface area contributed by atoms with Crippen LogP contribution in [0, 0.1) is 13.8 Å². The van der Waals surface area contributed by atoms with Gasteiger partial charge < -0.3 is 10.6 Å². The lowest BCUT2D eigenvalue weighted by Crippen LogP contribution is -2.39. The summed E-state index contributed by atoms with van der Waals surface area (Å²) in [5.74, 6) is 0.0857. The molecule has 1 aliphatic rings. The van der Waals surface area contributed by atoms with Gasteiger partial charge in [0.2, 0.25) is 0 Å². The number of carbonyl (C=O) groups excluding carboxylic acids is 1. The van der Waals surface area contributed by atoms with Gasteiger partial charge in [-0.25, -0.2) is 0 Å². The van der Waals surface area contributed by atoms with Crippen molar-refractivity contribution in [2.45, 2.75) is 45.7 Å². The number of aryl methyl sites for hydroxylation is 2. The highest BCUT2D eigenvalue weighted by Crippen LogP contribution is 2.15. The summed E-state index contributed by atoms with van der Waals surface area (Å²) in [4.78, 5) is 14.7.